The van der Waals surface area contributed by atoms with Gasteiger partial charge in [0.05, 0.1) is 6.04 Å². The lowest BCUT2D eigenvalue weighted by Gasteiger charge is -2.44. The molecule has 2 aliphatic heterocycles. The first-order chi connectivity index (χ1) is 7.25. The Morgan fingerprint density at radius 3 is 3.27 bits per heavy atom. The van der Waals surface area contributed by atoms with E-state index < -0.39 is 0 Å². The quantitative estimate of drug-likeness (QED) is 0.587. The molecule has 1 fully saturated rings. The van der Waals surface area contributed by atoms with Crippen molar-refractivity contribution in [3.63, 3.8) is 0 Å². The van der Waals surface area contributed by atoms with Gasteiger partial charge in [-0.3, -0.25) is 4.90 Å². The number of rotatable bonds is 0. The Morgan fingerprint density at radius 1 is 1.53 bits per heavy atom. The zero-order valence-corrected chi connectivity index (χ0v) is 8.66. The Hall–Kier alpha value is -1.20. The highest BCUT2D eigenvalue weighted by Gasteiger charge is 2.35. The van der Waals surface area contributed by atoms with Crippen molar-refractivity contribution in [1.29, 1.82) is 0 Å². The van der Waals surface area contributed by atoms with Crippen molar-refractivity contribution >= 4 is 0 Å². The lowest BCUT2D eigenvalue weighted by Crippen LogP contribution is -2.55. The summed E-state index contributed by atoms with van der Waals surface area (Å²) in [5.41, 5.74) is 2.01. The molecule has 0 radical (unpaired) electrons. The van der Waals surface area contributed by atoms with Gasteiger partial charge >= 0.3 is 5.69 Å². The maximum atomic E-state index is 11.1. The van der Waals surface area contributed by atoms with Gasteiger partial charge < -0.3 is 10.3 Å². The number of nitrogens with zero attached hydrogens (tertiary/aromatic N) is 2. The summed E-state index contributed by atoms with van der Waals surface area (Å²) >= 11 is 0. The molecular weight excluding hydrogens is 192 g/mol. The maximum absolute atomic E-state index is 11.1. The fourth-order valence-electron chi connectivity index (χ4n) is 2.61. The highest BCUT2D eigenvalue weighted by Crippen LogP contribution is 2.31. The molecule has 2 N–H and O–H groups in total. The third-order valence-electron chi connectivity index (χ3n) is 3.51. The van der Waals surface area contributed by atoms with E-state index in [1.165, 1.54) is 5.56 Å². The third kappa shape index (κ3) is 1.31. The van der Waals surface area contributed by atoms with Crippen molar-refractivity contribution in [2.45, 2.75) is 18.5 Å². The van der Waals surface area contributed by atoms with Crippen molar-refractivity contribution in [3.05, 3.63) is 27.9 Å². The molecule has 2 aliphatic rings. The summed E-state index contributed by atoms with van der Waals surface area (Å²) in [5.74, 6) is 0. The first kappa shape index (κ1) is 9.06. The average molecular weight is 206 g/mol. The van der Waals surface area contributed by atoms with Crippen LogP contribution in [0.25, 0.3) is 0 Å². The molecule has 1 aromatic heterocycles. The molecule has 0 amide bonds. The second-order valence-electron chi connectivity index (χ2n) is 4.32. The third-order valence-corrected chi connectivity index (χ3v) is 3.51. The van der Waals surface area contributed by atoms with Gasteiger partial charge in [-0.15, -0.1) is 0 Å². The van der Waals surface area contributed by atoms with E-state index in [4.69, 9.17) is 0 Å². The number of H-pyrrole nitrogens is 1. The van der Waals surface area contributed by atoms with Gasteiger partial charge in [0.25, 0.3) is 0 Å². The monoisotopic (exact) mass is 206 g/mol. The van der Waals surface area contributed by atoms with Crippen molar-refractivity contribution in [2.75, 3.05) is 20.1 Å². The molecule has 5 heteroatoms. The van der Waals surface area contributed by atoms with Crippen LogP contribution in [-0.4, -0.2) is 41.0 Å². The topological polar surface area (TPSA) is 61.0 Å². The molecule has 3 heterocycles. The van der Waals surface area contributed by atoms with Gasteiger partial charge in [0.2, 0.25) is 0 Å². The Labute approximate surface area is 87.5 Å². The zero-order chi connectivity index (χ0) is 10.4. The van der Waals surface area contributed by atoms with Crippen LogP contribution >= 0.6 is 0 Å². The van der Waals surface area contributed by atoms with Crippen molar-refractivity contribution in [1.82, 2.24) is 20.2 Å². The van der Waals surface area contributed by atoms with Crippen LogP contribution in [0.3, 0.4) is 0 Å². The predicted molar refractivity (Wildman–Crippen MR) is 55.7 cm³/mol. The molecule has 3 rings (SSSR count). The normalized spacial score (nSPS) is 29.9. The number of likely N-dealkylation sites (N-methyl/N-ethyl adjacent to an activating group) is 1. The van der Waals surface area contributed by atoms with E-state index in [-0.39, 0.29) is 5.69 Å². The standard InChI is InChI=1S/C10H14N4O/c1-14-6-2-8-7(4-12-10(15)13-8)9(14)5-11-3-6/h4,6,9,11H,2-3,5H2,1H3,(H,12,13,15). The minimum atomic E-state index is -0.232. The molecule has 0 saturated carbocycles. The summed E-state index contributed by atoms with van der Waals surface area (Å²) in [6, 6.07) is 0.853. The first-order valence-corrected chi connectivity index (χ1v) is 5.26. The van der Waals surface area contributed by atoms with Crippen LogP contribution in [0.4, 0.5) is 0 Å². The van der Waals surface area contributed by atoms with Gasteiger partial charge in [-0.05, 0) is 7.05 Å². The van der Waals surface area contributed by atoms with Gasteiger partial charge in [0.1, 0.15) is 0 Å². The zero-order valence-electron chi connectivity index (χ0n) is 8.66. The van der Waals surface area contributed by atoms with Crippen LogP contribution in [0.1, 0.15) is 17.3 Å². The smallest absolute Gasteiger partial charge is 0.313 e. The van der Waals surface area contributed by atoms with E-state index in [1.807, 2.05) is 0 Å². The Kier molecular flexibility index (Phi) is 1.90. The number of piperazine rings is 1. The number of fused-ring (bicyclic) bond motifs is 4. The molecule has 15 heavy (non-hydrogen) atoms. The fourth-order valence-corrected chi connectivity index (χ4v) is 2.61. The van der Waals surface area contributed by atoms with Gasteiger partial charge in [-0.25, -0.2) is 9.78 Å². The minimum absolute atomic E-state index is 0.232. The molecule has 0 aliphatic carbocycles. The van der Waals surface area contributed by atoms with Crippen LogP contribution in [-0.2, 0) is 6.42 Å². The van der Waals surface area contributed by atoms with Crippen LogP contribution in [0.2, 0.25) is 0 Å². The summed E-state index contributed by atoms with van der Waals surface area (Å²) in [7, 11) is 2.14. The molecular formula is C10H14N4O. The second-order valence-corrected chi connectivity index (χ2v) is 4.32. The van der Waals surface area contributed by atoms with E-state index >= 15 is 0 Å². The maximum Gasteiger partial charge on any atom is 0.345 e. The van der Waals surface area contributed by atoms with Gasteiger partial charge in [0.15, 0.2) is 0 Å². The fraction of sp³-hybridized carbons (Fsp3) is 0.600. The SMILES string of the molecule is CN1C2CNCC1c1cnc(=O)[nH]c1C2. The molecule has 2 bridgehead atoms. The lowest BCUT2D eigenvalue weighted by molar-refractivity contribution is 0.112. The van der Waals surface area contributed by atoms with Crippen molar-refractivity contribution in [2.24, 2.45) is 0 Å². The lowest BCUT2D eigenvalue weighted by atomic mass is 9.91. The summed E-state index contributed by atoms with van der Waals surface area (Å²) in [5, 5.41) is 3.41. The summed E-state index contributed by atoms with van der Waals surface area (Å²) in [6.45, 7) is 1.94. The van der Waals surface area contributed by atoms with E-state index in [9.17, 15) is 4.79 Å². The van der Waals surface area contributed by atoms with Gasteiger partial charge in [-0.2, -0.15) is 0 Å². The highest BCUT2D eigenvalue weighted by atomic mass is 16.1. The minimum Gasteiger partial charge on any atom is -0.313 e. The van der Waals surface area contributed by atoms with Crippen LogP contribution in [0.15, 0.2) is 11.0 Å². The van der Waals surface area contributed by atoms with Crippen LogP contribution < -0.4 is 11.0 Å². The molecule has 2 unspecified atom stereocenters. The predicted octanol–water partition coefficient (Wildman–Crippen LogP) is -0.729. The Balaban J connectivity index is 2.12. The second kappa shape index (κ2) is 3.15. The summed E-state index contributed by atoms with van der Waals surface area (Å²) < 4.78 is 0. The Morgan fingerprint density at radius 2 is 2.40 bits per heavy atom. The number of nitrogens with one attached hydrogen (secondary N) is 2. The molecule has 1 saturated heterocycles. The number of aromatic nitrogens is 2. The van der Waals surface area contributed by atoms with Crippen molar-refractivity contribution in [3.8, 4) is 0 Å². The summed E-state index contributed by atoms with van der Waals surface area (Å²) in [6.07, 6.45) is 2.63. The van der Waals surface area contributed by atoms with Gasteiger partial charge in [0, 0.05) is 43.0 Å². The van der Waals surface area contributed by atoms with E-state index in [2.05, 4.69) is 27.2 Å². The van der Waals surface area contributed by atoms with Crippen LogP contribution in [0, 0.1) is 0 Å². The molecule has 0 aromatic carbocycles. The molecule has 2 atom stereocenters. The number of hydrogen-bond donors (Lipinski definition) is 2. The van der Waals surface area contributed by atoms with Gasteiger partial charge in [-0.1, -0.05) is 0 Å². The Bertz CT molecular complexity index is 441. The van der Waals surface area contributed by atoms with E-state index in [1.54, 1.807) is 6.20 Å². The molecule has 0 spiro atoms. The molecule has 80 valence electrons. The summed E-state index contributed by atoms with van der Waals surface area (Å²) in [4.78, 5) is 20.2. The average Bonchev–Trinajstić information content (AvgIpc) is 2.19. The highest BCUT2D eigenvalue weighted by molar-refractivity contribution is 5.26. The molecule has 5 nitrogen and oxygen atoms in total. The van der Waals surface area contributed by atoms with Crippen molar-refractivity contribution < 1.29 is 0 Å². The number of hydrogen-bond acceptors (Lipinski definition) is 4. The number of aromatic amines is 1. The van der Waals surface area contributed by atoms with Crippen LogP contribution in [0.5, 0.6) is 0 Å². The molecule has 1 aromatic rings. The van der Waals surface area contributed by atoms with E-state index in [0.29, 0.717) is 12.1 Å². The largest absolute Gasteiger partial charge is 0.345 e. The van der Waals surface area contributed by atoms with E-state index in [0.717, 1.165) is 25.2 Å². The first-order valence-electron chi connectivity index (χ1n) is 5.26.